The van der Waals surface area contributed by atoms with Crippen molar-refractivity contribution in [3.63, 3.8) is 0 Å². The lowest BCUT2D eigenvalue weighted by molar-refractivity contribution is 0.145. The molecule has 0 amide bonds. The van der Waals surface area contributed by atoms with Gasteiger partial charge in [-0.3, -0.25) is 0 Å². The lowest BCUT2D eigenvalue weighted by atomic mass is 9.67. The number of hydrogen-bond acceptors (Lipinski definition) is 4. The van der Waals surface area contributed by atoms with Gasteiger partial charge >= 0.3 is 0 Å². The van der Waals surface area contributed by atoms with Gasteiger partial charge in [-0.05, 0) is 24.7 Å². The Labute approximate surface area is 111 Å². The molecule has 0 aromatic carbocycles. The van der Waals surface area contributed by atoms with Crippen molar-refractivity contribution in [1.29, 1.82) is 0 Å². The van der Waals surface area contributed by atoms with E-state index in [1.807, 2.05) is 0 Å². The van der Waals surface area contributed by atoms with Crippen molar-refractivity contribution in [1.82, 2.24) is 19.6 Å². The van der Waals surface area contributed by atoms with Gasteiger partial charge in [0.15, 0.2) is 0 Å². The van der Waals surface area contributed by atoms with E-state index in [0.717, 1.165) is 12.4 Å². The summed E-state index contributed by atoms with van der Waals surface area (Å²) in [4.78, 5) is 8.17. The van der Waals surface area contributed by atoms with Gasteiger partial charge in [0.05, 0.1) is 0 Å². The van der Waals surface area contributed by atoms with Crippen molar-refractivity contribution >= 4 is 23.2 Å². The molecule has 1 aliphatic carbocycles. The number of aromatic nitrogens is 4. The molecule has 6 heteroatoms. The zero-order valence-electron chi connectivity index (χ0n) is 10.4. The molecule has 2 heterocycles. The third-order valence-corrected chi connectivity index (χ3v) is 4.22. The van der Waals surface area contributed by atoms with Gasteiger partial charge in [0, 0.05) is 12.6 Å². The Kier molecular flexibility index (Phi) is 2.86. The molecule has 0 aliphatic heterocycles. The van der Waals surface area contributed by atoms with Crippen LogP contribution in [0.25, 0.3) is 5.78 Å². The van der Waals surface area contributed by atoms with Crippen LogP contribution in [0.3, 0.4) is 0 Å². The minimum Gasteiger partial charge on any atom is -0.369 e. The highest BCUT2D eigenvalue weighted by molar-refractivity contribution is 6.29. The summed E-state index contributed by atoms with van der Waals surface area (Å²) in [6, 6.07) is 1.80. The van der Waals surface area contributed by atoms with Crippen LogP contribution in [0, 0.1) is 5.41 Å². The molecule has 0 spiro atoms. The van der Waals surface area contributed by atoms with Crippen molar-refractivity contribution in [2.45, 2.75) is 32.6 Å². The van der Waals surface area contributed by atoms with Crippen LogP contribution in [-0.4, -0.2) is 26.1 Å². The second-order valence-electron chi connectivity index (χ2n) is 5.00. The minimum absolute atomic E-state index is 0.442. The van der Waals surface area contributed by atoms with Gasteiger partial charge in [0.2, 0.25) is 0 Å². The second kappa shape index (κ2) is 4.39. The smallest absolute Gasteiger partial charge is 0.255 e. The predicted octanol–water partition coefficient (Wildman–Crippen LogP) is 2.77. The number of hydrogen-bond donors (Lipinski definition) is 1. The van der Waals surface area contributed by atoms with E-state index in [9.17, 15) is 0 Å². The van der Waals surface area contributed by atoms with E-state index >= 15 is 0 Å². The van der Waals surface area contributed by atoms with Crippen molar-refractivity contribution in [3.05, 3.63) is 17.5 Å². The molecular formula is C12H16ClN5. The first-order valence-corrected chi connectivity index (χ1v) is 6.70. The molecule has 5 nitrogen and oxygen atoms in total. The fourth-order valence-electron chi connectivity index (χ4n) is 2.52. The van der Waals surface area contributed by atoms with E-state index in [1.54, 1.807) is 10.6 Å². The quantitative estimate of drug-likeness (QED) is 0.864. The normalized spacial score (nSPS) is 17.7. The Balaban J connectivity index is 1.83. The molecule has 0 bridgehead atoms. The fraction of sp³-hybridized carbons (Fsp3) is 0.583. The molecule has 2 aromatic heterocycles. The van der Waals surface area contributed by atoms with Gasteiger partial charge in [-0.1, -0.05) is 24.9 Å². The highest BCUT2D eigenvalue weighted by Crippen LogP contribution is 2.43. The van der Waals surface area contributed by atoms with Crippen molar-refractivity contribution in [2.24, 2.45) is 5.41 Å². The summed E-state index contributed by atoms with van der Waals surface area (Å²) in [5.74, 6) is 1.39. The Hall–Kier alpha value is -1.36. The first kappa shape index (κ1) is 11.7. The average Bonchev–Trinajstić information content (AvgIpc) is 2.75. The summed E-state index contributed by atoms with van der Waals surface area (Å²) in [5, 5.41) is 8.04. The maximum Gasteiger partial charge on any atom is 0.255 e. The summed E-state index contributed by atoms with van der Waals surface area (Å²) < 4.78 is 1.69. The summed E-state index contributed by atoms with van der Waals surface area (Å²) in [6.45, 7) is 3.21. The van der Waals surface area contributed by atoms with Crippen LogP contribution in [0.1, 0.15) is 32.6 Å². The van der Waals surface area contributed by atoms with Crippen LogP contribution in [0.4, 0.5) is 5.82 Å². The van der Waals surface area contributed by atoms with E-state index in [2.05, 4.69) is 27.3 Å². The molecule has 1 fully saturated rings. The Morgan fingerprint density at radius 3 is 3.00 bits per heavy atom. The number of nitrogens with zero attached hydrogens (tertiary/aromatic N) is 4. The van der Waals surface area contributed by atoms with Gasteiger partial charge < -0.3 is 5.32 Å². The predicted molar refractivity (Wildman–Crippen MR) is 70.9 cm³/mol. The van der Waals surface area contributed by atoms with Gasteiger partial charge in [-0.2, -0.15) is 19.6 Å². The molecule has 3 rings (SSSR count). The van der Waals surface area contributed by atoms with Gasteiger partial charge in [-0.15, -0.1) is 0 Å². The minimum atomic E-state index is 0.442. The fourth-order valence-corrected chi connectivity index (χ4v) is 2.70. The zero-order valence-corrected chi connectivity index (χ0v) is 11.1. The van der Waals surface area contributed by atoms with Crippen LogP contribution in [0.15, 0.2) is 12.4 Å². The van der Waals surface area contributed by atoms with E-state index in [1.165, 1.54) is 32.0 Å². The third-order valence-electron chi connectivity index (χ3n) is 4.03. The first-order valence-electron chi connectivity index (χ1n) is 6.33. The SMILES string of the molecule is CCC1(CNc2cc(Cl)nc3ncnn23)CCC1. The van der Waals surface area contributed by atoms with Crippen molar-refractivity contribution < 1.29 is 0 Å². The molecule has 1 aliphatic rings. The maximum absolute atomic E-state index is 5.98. The van der Waals surface area contributed by atoms with Gasteiger partial charge in [-0.25, -0.2) is 0 Å². The van der Waals surface area contributed by atoms with E-state index in [-0.39, 0.29) is 0 Å². The maximum atomic E-state index is 5.98. The van der Waals surface area contributed by atoms with Crippen molar-refractivity contribution in [2.75, 3.05) is 11.9 Å². The molecule has 2 aromatic rings. The Bertz CT molecular complexity index is 555. The standard InChI is InChI=1S/C12H16ClN5/c1-2-12(4-3-5-12)7-14-10-6-9(13)17-11-15-8-16-18(10)11/h6,8,14H,2-5,7H2,1H3. The molecule has 1 saturated carbocycles. The topological polar surface area (TPSA) is 55.1 Å². The van der Waals surface area contributed by atoms with Crippen LogP contribution < -0.4 is 5.32 Å². The second-order valence-corrected chi connectivity index (χ2v) is 5.38. The Morgan fingerprint density at radius 1 is 1.50 bits per heavy atom. The number of rotatable bonds is 4. The molecule has 0 radical (unpaired) electrons. The van der Waals surface area contributed by atoms with Gasteiger partial charge in [0.25, 0.3) is 5.78 Å². The molecule has 0 saturated heterocycles. The first-order chi connectivity index (χ1) is 8.72. The molecule has 96 valence electrons. The third kappa shape index (κ3) is 1.92. The molecule has 18 heavy (non-hydrogen) atoms. The summed E-state index contributed by atoms with van der Waals surface area (Å²) in [6.07, 6.45) is 6.64. The average molecular weight is 266 g/mol. The lowest BCUT2D eigenvalue weighted by Crippen LogP contribution is -2.36. The summed E-state index contributed by atoms with van der Waals surface area (Å²) in [5.41, 5.74) is 0.447. The highest BCUT2D eigenvalue weighted by atomic mass is 35.5. The lowest BCUT2D eigenvalue weighted by Gasteiger charge is -2.41. The van der Waals surface area contributed by atoms with Crippen molar-refractivity contribution in [3.8, 4) is 0 Å². The highest BCUT2D eigenvalue weighted by Gasteiger charge is 2.34. The van der Waals surface area contributed by atoms with Gasteiger partial charge in [0.1, 0.15) is 17.3 Å². The van der Waals surface area contributed by atoms with E-state index in [0.29, 0.717) is 16.3 Å². The van der Waals surface area contributed by atoms with Crippen LogP contribution in [0.5, 0.6) is 0 Å². The number of halogens is 1. The molecule has 1 N–H and O–H groups in total. The van der Waals surface area contributed by atoms with Crippen LogP contribution >= 0.6 is 11.6 Å². The number of anilines is 1. The molecular weight excluding hydrogens is 250 g/mol. The number of fused-ring (bicyclic) bond motifs is 1. The Morgan fingerprint density at radius 2 is 2.33 bits per heavy atom. The van der Waals surface area contributed by atoms with Crippen LogP contribution in [0.2, 0.25) is 5.15 Å². The number of nitrogens with one attached hydrogen (secondary N) is 1. The molecule has 0 unspecified atom stereocenters. The summed E-state index contributed by atoms with van der Waals surface area (Å²) >= 11 is 5.98. The van der Waals surface area contributed by atoms with Crippen LogP contribution in [-0.2, 0) is 0 Å². The monoisotopic (exact) mass is 265 g/mol. The molecule has 0 atom stereocenters. The van der Waals surface area contributed by atoms with E-state index in [4.69, 9.17) is 11.6 Å². The van der Waals surface area contributed by atoms with E-state index < -0.39 is 0 Å². The summed E-state index contributed by atoms with van der Waals surface area (Å²) in [7, 11) is 0. The largest absolute Gasteiger partial charge is 0.369 e. The zero-order chi connectivity index (χ0) is 12.6.